The fourth-order valence-electron chi connectivity index (χ4n) is 3.32. The van der Waals surface area contributed by atoms with Gasteiger partial charge in [-0.25, -0.2) is 9.37 Å². The highest BCUT2D eigenvalue weighted by Crippen LogP contribution is 2.37. The van der Waals surface area contributed by atoms with Crippen LogP contribution in [-0.4, -0.2) is 22.2 Å². The molecule has 0 amide bonds. The molecule has 26 heavy (non-hydrogen) atoms. The Morgan fingerprint density at radius 1 is 1.08 bits per heavy atom. The third-order valence-electron chi connectivity index (χ3n) is 4.49. The third-order valence-corrected chi connectivity index (χ3v) is 4.49. The monoisotopic (exact) mass is 351 g/mol. The van der Waals surface area contributed by atoms with E-state index in [2.05, 4.69) is 15.1 Å². The number of nitrogens with one attached hydrogen (secondary N) is 1. The van der Waals surface area contributed by atoms with Gasteiger partial charge in [0, 0.05) is 16.7 Å². The van der Waals surface area contributed by atoms with E-state index in [9.17, 15) is 4.39 Å². The van der Waals surface area contributed by atoms with E-state index >= 15 is 0 Å². The largest absolute Gasteiger partial charge is 0.497 e. The highest BCUT2D eigenvalue weighted by Gasteiger charge is 2.18. The maximum Gasteiger partial charge on any atom is 0.141 e. The van der Waals surface area contributed by atoms with Crippen molar-refractivity contribution in [3.05, 3.63) is 53.4 Å². The van der Waals surface area contributed by atoms with Crippen LogP contribution in [0, 0.1) is 26.6 Å². The van der Waals surface area contributed by atoms with Crippen LogP contribution in [0.5, 0.6) is 5.75 Å². The number of halogens is 1. The summed E-state index contributed by atoms with van der Waals surface area (Å²) in [4.78, 5) is 7.79. The zero-order chi connectivity index (χ0) is 18.4. The van der Waals surface area contributed by atoms with Crippen LogP contribution in [0.1, 0.15) is 17.3 Å². The lowest BCUT2D eigenvalue weighted by Crippen LogP contribution is -1.91. The predicted molar refractivity (Wildman–Crippen MR) is 97.7 cm³/mol. The van der Waals surface area contributed by atoms with Crippen molar-refractivity contribution in [2.75, 3.05) is 7.11 Å². The Morgan fingerprint density at radius 3 is 2.58 bits per heavy atom. The van der Waals surface area contributed by atoms with Crippen molar-refractivity contribution < 1.29 is 13.7 Å². The average Bonchev–Trinajstić information content (AvgIpc) is 3.15. The third kappa shape index (κ3) is 2.54. The molecule has 0 fully saturated rings. The Labute approximate surface area is 149 Å². The van der Waals surface area contributed by atoms with Crippen molar-refractivity contribution >= 4 is 11.0 Å². The topological polar surface area (TPSA) is 63.9 Å². The van der Waals surface area contributed by atoms with Crippen LogP contribution in [0.15, 0.2) is 34.9 Å². The highest BCUT2D eigenvalue weighted by atomic mass is 19.1. The molecular formula is C20H18FN3O2. The zero-order valence-electron chi connectivity index (χ0n) is 15.0. The number of fused-ring (bicyclic) bond motifs is 1. The molecule has 1 N–H and O–H groups in total. The molecule has 0 saturated heterocycles. The second-order valence-electron chi connectivity index (χ2n) is 6.29. The molecule has 2 aromatic heterocycles. The SMILES string of the molecule is COc1ccc(F)c(-c2cc(-c3c(C)noc3C)cc3[nH]c(C)nc23)c1. The first-order valence-electron chi connectivity index (χ1n) is 8.25. The normalized spacial score (nSPS) is 11.3. The van der Waals surface area contributed by atoms with Gasteiger partial charge in [-0.15, -0.1) is 0 Å². The van der Waals surface area contributed by atoms with Gasteiger partial charge in [-0.1, -0.05) is 5.16 Å². The van der Waals surface area contributed by atoms with Crippen molar-refractivity contribution in [1.29, 1.82) is 0 Å². The summed E-state index contributed by atoms with van der Waals surface area (Å²) in [5.74, 6) is 1.74. The number of aromatic amines is 1. The molecule has 4 aromatic rings. The second kappa shape index (κ2) is 5.98. The average molecular weight is 351 g/mol. The summed E-state index contributed by atoms with van der Waals surface area (Å²) in [6.07, 6.45) is 0. The maximum absolute atomic E-state index is 14.6. The molecule has 0 unspecified atom stereocenters. The molecule has 0 aliphatic carbocycles. The lowest BCUT2D eigenvalue weighted by molar-refractivity contribution is 0.393. The number of methoxy groups -OCH3 is 1. The lowest BCUT2D eigenvalue weighted by Gasteiger charge is -2.10. The van der Waals surface area contributed by atoms with Gasteiger partial charge in [0.2, 0.25) is 0 Å². The number of ether oxygens (including phenoxy) is 1. The molecule has 0 atom stereocenters. The Morgan fingerprint density at radius 2 is 1.88 bits per heavy atom. The van der Waals surface area contributed by atoms with E-state index in [-0.39, 0.29) is 5.82 Å². The van der Waals surface area contributed by atoms with E-state index in [0.717, 1.165) is 33.9 Å². The summed E-state index contributed by atoms with van der Waals surface area (Å²) >= 11 is 0. The summed E-state index contributed by atoms with van der Waals surface area (Å²) in [7, 11) is 1.56. The van der Waals surface area contributed by atoms with Crippen molar-refractivity contribution in [2.45, 2.75) is 20.8 Å². The molecule has 132 valence electrons. The zero-order valence-corrected chi connectivity index (χ0v) is 15.0. The molecule has 0 spiro atoms. The fraction of sp³-hybridized carbons (Fsp3) is 0.200. The quantitative estimate of drug-likeness (QED) is 0.567. The molecule has 0 aliphatic heterocycles. The van der Waals surface area contributed by atoms with Crippen LogP contribution < -0.4 is 4.74 Å². The second-order valence-corrected chi connectivity index (χ2v) is 6.29. The number of aryl methyl sites for hydroxylation is 3. The molecule has 0 saturated carbocycles. The van der Waals surface area contributed by atoms with Crippen LogP contribution in [0.3, 0.4) is 0 Å². The van der Waals surface area contributed by atoms with Gasteiger partial charge in [-0.3, -0.25) is 0 Å². The first kappa shape index (κ1) is 16.3. The Bertz CT molecular complexity index is 1110. The first-order chi connectivity index (χ1) is 12.5. The predicted octanol–water partition coefficient (Wildman–Crippen LogP) is 4.96. The highest BCUT2D eigenvalue weighted by molar-refractivity contribution is 5.96. The summed E-state index contributed by atoms with van der Waals surface area (Å²) in [6.45, 7) is 5.63. The molecule has 6 heteroatoms. The standard InChI is InChI=1S/C20H18FN3O2/c1-10-19(11(2)26-24-10)13-7-16(20-18(8-13)22-12(3)23-20)15-9-14(25-4)5-6-17(15)21/h5-9H,1-4H3,(H,22,23). The van der Waals surface area contributed by atoms with Crippen molar-refractivity contribution in [1.82, 2.24) is 15.1 Å². The summed E-state index contributed by atoms with van der Waals surface area (Å²) in [5.41, 5.74) is 5.27. The summed E-state index contributed by atoms with van der Waals surface area (Å²) in [5, 5.41) is 4.03. The van der Waals surface area contributed by atoms with E-state index in [4.69, 9.17) is 9.26 Å². The van der Waals surface area contributed by atoms with Gasteiger partial charge < -0.3 is 14.2 Å². The molecule has 4 rings (SSSR count). The lowest BCUT2D eigenvalue weighted by atomic mass is 9.96. The summed E-state index contributed by atoms with van der Waals surface area (Å²) in [6, 6.07) is 8.60. The number of H-pyrrole nitrogens is 1. The van der Waals surface area contributed by atoms with E-state index < -0.39 is 0 Å². The molecule has 2 aromatic carbocycles. The Balaban J connectivity index is 2.05. The van der Waals surface area contributed by atoms with Gasteiger partial charge in [-0.05, 0) is 56.7 Å². The molecule has 2 heterocycles. The number of imidazole rings is 1. The number of aromatic nitrogens is 3. The van der Waals surface area contributed by atoms with Crippen molar-refractivity contribution in [3.63, 3.8) is 0 Å². The van der Waals surface area contributed by atoms with Crippen LogP contribution in [0.4, 0.5) is 4.39 Å². The number of hydrogen-bond donors (Lipinski definition) is 1. The van der Waals surface area contributed by atoms with Gasteiger partial charge in [0.1, 0.15) is 23.2 Å². The smallest absolute Gasteiger partial charge is 0.141 e. The van der Waals surface area contributed by atoms with E-state index in [1.165, 1.54) is 6.07 Å². The maximum atomic E-state index is 14.6. The van der Waals surface area contributed by atoms with Gasteiger partial charge >= 0.3 is 0 Å². The van der Waals surface area contributed by atoms with E-state index in [1.807, 2.05) is 32.9 Å². The molecule has 5 nitrogen and oxygen atoms in total. The number of benzene rings is 2. The first-order valence-corrected chi connectivity index (χ1v) is 8.25. The van der Waals surface area contributed by atoms with E-state index in [0.29, 0.717) is 22.4 Å². The summed E-state index contributed by atoms with van der Waals surface area (Å²) < 4.78 is 25.2. The molecule has 0 aliphatic rings. The van der Waals surface area contributed by atoms with Gasteiger partial charge in [0.15, 0.2) is 0 Å². The van der Waals surface area contributed by atoms with Crippen LogP contribution in [0.2, 0.25) is 0 Å². The minimum absolute atomic E-state index is 0.330. The molecule has 0 bridgehead atoms. The van der Waals surface area contributed by atoms with Crippen LogP contribution in [-0.2, 0) is 0 Å². The van der Waals surface area contributed by atoms with Gasteiger partial charge in [-0.2, -0.15) is 0 Å². The molecule has 0 radical (unpaired) electrons. The van der Waals surface area contributed by atoms with Crippen LogP contribution >= 0.6 is 0 Å². The number of nitrogens with zero attached hydrogens (tertiary/aromatic N) is 2. The molecular weight excluding hydrogens is 333 g/mol. The van der Waals surface area contributed by atoms with Crippen molar-refractivity contribution in [3.8, 4) is 28.0 Å². The van der Waals surface area contributed by atoms with E-state index in [1.54, 1.807) is 19.2 Å². The van der Waals surface area contributed by atoms with Crippen molar-refractivity contribution in [2.24, 2.45) is 0 Å². The fourth-order valence-corrected chi connectivity index (χ4v) is 3.32. The Kier molecular flexibility index (Phi) is 3.76. The minimum Gasteiger partial charge on any atom is -0.497 e. The Hall–Kier alpha value is -3.15. The minimum atomic E-state index is -0.330. The number of hydrogen-bond acceptors (Lipinski definition) is 4. The van der Waals surface area contributed by atoms with Gasteiger partial charge in [0.05, 0.1) is 23.8 Å². The van der Waals surface area contributed by atoms with Crippen LogP contribution in [0.25, 0.3) is 33.3 Å². The van der Waals surface area contributed by atoms with Gasteiger partial charge in [0.25, 0.3) is 0 Å². The number of rotatable bonds is 3.